The summed E-state index contributed by atoms with van der Waals surface area (Å²) in [6.45, 7) is 0. The molecule has 0 saturated heterocycles. The number of anilines is 1. The highest BCUT2D eigenvalue weighted by Crippen LogP contribution is 2.23. The molecule has 2 N–H and O–H groups in total. The monoisotopic (exact) mass is 378 g/mol. The summed E-state index contributed by atoms with van der Waals surface area (Å²) in [6, 6.07) is 13.1. The third-order valence-electron chi connectivity index (χ3n) is 3.62. The maximum absolute atomic E-state index is 12.4. The predicted molar refractivity (Wildman–Crippen MR) is 100.0 cm³/mol. The van der Waals surface area contributed by atoms with Crippen LogP contribution in [0.4, 0.5) is 5.69 Å². The molecule has 2 aromatic carbocycles. The van der Waals surface area contributed by atoms with Crippen molar-refractivity contribution in [2.24, 2.45) is 0 Å². The number of amides is 1. The Labute approximate surface area is 153 Å². The van der Waals surface area contributed by atoms with E-state index in [0.717, 1.165) is 6.26 Å². The molecule has 1 amide bonds. The lowest BCUT2D eigenvalue weighted by Crippen LogP contribution is -2.30. The van der Waals surface area contributed by atoms with Crippen LogP contribution in [-0.2, 0) is 14.8 Å². The Morgan fingerprint density at radius 1 is 1.04 bits per heavy atom. The molecule has 0 unspecified atom stereocenters. The predicted octanol–water partition coefficient (Wildman–Crippen LogP) is 2.32. The largest absolute Gasteiger partial charge is 0.497 e. The van der Waals surface area contributed by atoms with Crippen LogP contribution in [0.2, 0.25) is 0 Å². The number of methoxy groups -OCH3 is 2. The van der Waals surface area contributed by atoms with Crippen molar-refractivity contribution in [2.75, 3.05) is 25.8 Å². The number of hydrogen-bond donors (Lipinski definition) is 2. The molecular weight excluding hydrogens is 356 g/mol. The summed E-state index contributed by atoms with van der Waals surface area (Å²) in [5, 5.41) is 2.75. The molecule has 0 aliphatic heterocycles. The number of benzene rings is 2. The number of sulfonamides is 1. The number of rotatable bonds is 8. The molecule has 2 aromatic rings. The lowest BCUT2D eigenvalue weighted by molar-refractivity contribution is -0.116. The zero-order chi connectivity index (χ0) is 19.2. The summed E-state index contributed by atoms with van der Waals surface area (Å²) in [5.41, 5.74) is 1.24. The molecule has 0 aliphatic rings. The first-order valence-corrected chi connectivity index (χ1v) is 9.75. The second kappa shape index (κ2) is 8.68. The molecule has 0 heterocycles. The fourth-order valence-corrected chi connectivity index (χ4v) is 3.16. The van der Waals surface area contributed by atoms with Gasteiger partial charge in [0.2, 0.25) is 15.9 Å². The van der Waals surface area contributed by atoms with Gasteiger partial charge in [-0.25, -0.2) is 13.1 Å². The van der Waals surface area contributed by atoms with E-state index < -0.39 is 16.1 Å². The minimum absolute atomic E-state index is 0.0589. The van der Waals surface area contributed by atoms with Gasteiger partial charge in [-0.3, -0.25) is 4.79 Å². The van der Waals surface area contributed by atoms with Crippen molar-refractivity contribution in [1.29, 1.82) is 0 Å². The fourth-order valence-electron chi connectivity index (χ4n) is 2.42. The van der Waals surface area contributed by atoms with Gasteiger partial charge in [0.25, 0.3) is 0 Å². The molecule has 0 fully saturated rings. The van der Waals surface area contributed by atoms with Gasteiger partial charge in [-0.15, -0.1) is 0 Å². The van der Waals surface area contributed by atoms with Gasteiger partial charge in [0, 0.05) is 18.2 Å². The molecule has 0 bridgehead atoms. The summed E-state index contributed by atoms with van der Waals surface area (Å²) in [4.78, 5) is 12.4. The lowest BCUT2D eigenvalue weighted by atomic mass is 10.0. The van der Waals surface area contributed by atoms with E-state index in [1.807, 2.05) is 0 Å². The minimum atomic E-state index is -3.50. The molecule has 0 aliphatic carbocycles. The van der Waals surface area contributed by atoms with E-state index >= 15 is 0 Å². The molecular formula is C18H22N2O5S. The quantitative estimate of drug-likeness (QED) is 0.735. The van der Waals surface area contributed by atoms with E-state index in [9.17, 15) is 13.2 Å². The summed E-state index contributed by atoms with van der Waals surface area (Å²) in [6.07, 6.45) is 1.00. The third-order valence-corrected chi connectivity index (χ3v) is 4.33. The minimum Gasteiger partial charge on any atom is -0.497 e. The van der Waals surface area contributed by atoms with E-state index in [-0.39, 0.29) is 12.3 Å². The van der Waals surface area contributed by atoms with Crippen molar-refractivity contribution < 1.29 is 22.7 Å². The maximum atomic E-state index is 12.4. The first kappa shape index (κ1) is 19.7. The molecule has 0 spiro atoms. The zero-order valence-corrected chi connectivity index (χ0v) is 15.7. The van der Waals surface area contributed by atoms with Crippen LogP contribution in [-0.4, -0.2) is 34.8 Å². The topological polar surface area (TPSA) is 93.7 Å². The Kier molecular flexibility index (Phi) is 6.59. The molecule has 0 aromatic heterocycles. The summed E-state index contributed by atoms with van der Waals surface area (Å²) in [5.74, 6) is 0.937. The van der Waals surface area contributed by atoms with Crippen LogP contribution in [0.3, 0.4) is 0 Å². The van der Waals surface area contributed by atoms with Crippen LogP contribution in [0.15, 0.2) is 48.5 Å². The molecule has 1 atom stereocenters. The van der Waals surface area contributed by atoms with Gasteiger partial charge in [0.1, 0.15) is 11.5 Å². The maximum Gasteiger partial charge on any atom is 0.226 e. The van der Waals surface area contributed by atoms with Crippen molar-refractivity contribution in [3.63, 3.8) is 0 Å². The first-order chi connectivity index (χ1) is 12.3. The number of carbonyl (C=O) groups excluding carboxylic acids is 1. The third kappa shape index (κ3) is 6.05. The van der Waals surface area contributed by atoms with Crippen molar-refractivity contribution >= 4 is 21.6 Å². The second-order valence-electron chi connectivity index (χ2n) is 5.70. The Balaban J connectivity index is 2.15. The fraction of sp³-hybridized carbons (Fsp3) is 0.278. The molecule has 26 heavy (non-hydrogen) atoms. The van der Waals surface area contributed by atoms with Gasteiger partial charge >= 0.3 is 0 Å². The zero-order valence-electron chi connectivity index (χ0n) is 14.9. The van der Waals surface area contributed by atoms with Crippen molar-refractivity contribution in [3.8, 4) is 11.5 Å². The summed E-state index contributed by atoms with van der Waals surface area (Å²) in [7, 11) is -0.415. The van der Waals surface area contributed by atoms with Crippen LogP contribution < -0.4 is 19.5 Å². The molecule has 0 saturated carbocycles. The highest BCUT2D eigenvalue weighted by Gasteiger charge is 2.20. The first-order valence-electron chi connectivity index (χ1n) is 7.86. The van der Waals surface area contributed by atoms with E-state index in [4.69, 9.17) is 9.47 Å². The molecule has 8 heteroatoms. The highest BCUT2D eigenvalue weighted by atomic mass is 32.2. The molecule has 0 radical (unpaired) electrons. The SMILES string of the molecule is COc1ccc([C@H](CC(=O)Nc2cccc(OC)c2)NS(C)(=O)=O)cc1. The Hall–Kier alpha value is -2.58. The summed E-state index contributed by atoms with van der Waals surface area (Å²) >= 11 is 0. The van der Waals surface area contributed by atoms with E-state index in [1.165, 1.54) is 7.11 Å². The smallest absolute Gasteiger partial charge is 0.226 e. The Morgan fingerprint density at radius 2 is 1.69 bits per heavy atom. The van der Waals surface area contributed by atoms with Gasteiger partial charge in [-0.05, 0) is 29.8 Å². The lowest BCUT2D eigenvalue weighted by Gasteiger charge is -2.18. The summed E-state index contributed by atoms with van der Waals surface area (Å²) < 4.78 is 36.1. The standard InChI is InChI=1S/C18H22N2O5S/c1-24-15-9-7-13(8-10-15)17(20-26(3,22)23)12-18(21)19-14-5-4-6-16(11-14)25-2/h4-11,17,20H,12H2,1-3H3,(H,19,21)/t17-/m0/s1. The van der Waals surface area contributed by atoms with Crippen molar-refractivity contribution in [1.82, 2.24) is 4.72 Å². The van der Waals surface area contributed by atoms with Crippen molar-refractivity contribution in [2.45, 2.75) is 12.5 Å². The van der Waals surface area contributed by atoms with Gasteiger partial charge in [-0.2, -0.15) is 0 Å². The van der Waals surface area contributed by atoms with Crippen LogP contribution in [0.25, 0.3) is 0 Å². The average molecular weight is 378 g/mol. The van der Waals surface area contributed by atoms with E-state index in [0.29, 0.717) is 22.7 Å². The number of hydrogen-bond acceptors (Lipinski definition) is 5. The van der Waals surface area contributed by atoms with Crippen LogP contribution in [0.1, 0.15) is 18.0 Å². The van der Waals surface area contributed by atoms with Crippen LogP contribution in [0.5, 0.6) is 11.5 Å². The van der Waals surface area contributed by atoms with E-state index in [1.54, 1.807) is 55.6 Å². The van der Waals surface area contributed by atoms with Gasteiger partial charge < -0.3 is 14.8 Å². The van der Waals surface area contributed by atoms with Crippen molar-refractivity contribution in [3.05, 3.63) is 54.1 Å². The molecule has 140 valence electrons. The second-order valence-corrected chi connectivity index (χ2v) is 7.48. The number of carbonyl (C=O) groups is 1. The Bertz CT molecular complexity index is 850. The normalized spacial score (nSPS) is 12.3. The van der Waals surface area contributed by atoms with Gasteiger partial charge in [0.05, 0.1) is 26.5 Å². The highest BCUT2D eigenvalue weighted by molar-refractivity contribution is 7.88. The van der Waals surface area contributed by atoms with Crippen LogP contribution >= 0.6 is 0 Å². The van der Waals surface area contributed by atoms with Gasteiger partial charge in [0.15, 0.2) is 0 Å². The average Bonchev–Trinajstić information content (AvgIpc) is 2.60. The van der Waals surface area contributed by atoms with Crippen LogP contribution in [0, 0.1) is 0 Å². The molecule has 2 rings (SSSR count). The Morgan fingerprint density at radius 3 is 2.27 bits per heavy atom. The molecule has 7 nitrogen and oxygen atoms in total. The number of ether oxygens (including phenoxy) is 2. The number of nitrogens with one attached hydrogen (secondary N) is 2. The van der Waals surface area contributed by atoms with E-state index in [2.05, 4.69) is 10.0 Å². The van der Waals surface area contributed by atoms with Gasteiger partial charge in [-0.1, -0.05) is 18.2 Å².